The fourth-order valence-corrected chi connectivity index (χ4v) is 2.08. The number of aliphatic carboxylic acids is 1. The van der Waals surface area contributed by atoms with Gasteiger partial charge in [0, 0.05) is 12.5 Å². The highest BCUT2D eigenvalue weighted by Gasteiger charge is 2.34. The quantitative estimate of drug-likeness (QED) is 0.611. The van der Waals surface area contributed by atoms with E-state index in [0.717, 1.165) is 0 Å². The van der Waals surface area contributed by atoms with Crippen molar-refractivity contribution >= 4 is 17.4 Å². The molecule has 114 valence electrons. The summed E-state index contributed by atoms with van der Waals surface area (Å²) in [5, 5.41) is 20.3. The number of rotatable bonds is 7. The molecule has 0 aliphatic carbocycles. The van der Waals surface area contributed by atoms with Gasteiger partial charge in [0.1, 0.15) is 5.78 Å². The van der Waals surface area contributed by atoms with Gasteiger partial charge in [-0.2, -0.15) is 0 Å². The summed E-state index contributed by atoms with van der Waals surface area (Å²) >= 11 is 0. The first-order valence-electron chi connectivity index (χ1n) is 6.27. The van der Waals surface area contributed by atoms with Crippen molar-refractivity contribution in [3.63, 3.8) is 0 Å². The average molecular weight is 295 g/mol. The number of nitro groups is 1. The van der Waals surface area contributed by atoms with E-state index in [0.29, 0.717) is 0 Å². The van der Waals surface area contributed by atoms with E-state index in [4.69, 9.17) is 4.74 Å². The summed E-state index contributed by atoms with van der Waals surface area (Å²) in [5.41, 5.74) is -1.42. The fourth-order valence-electron chi connectivity index (χ4n) is 2.08. The van der Waals surface area contributed by atoms with E-state index < -0.39 is 22.6 Å². The van der Waals surface area contributed by atoms with Gasteiger partial charge in [0.05, 0.1) is 16.1 Å². The molecular weight excluding hydrogens is 278 g/mol. The molecule has 0 radical (unpaired) electrons. The molecule has 0 aliphatic rings. The van der Waals surface area contributed by atoms with Gasteiger partial charge in [-0.3, -0.25) is 14.9 Å². The molecule has 0 aromatic heterocycles. The van der Waals surface area contributed by atoms with Crippen molar-refractivity contribution in [3.8, 4) is 0 Å². The Hall–Kier alpha value is -2.28. The largest absolute Gasteiger partial charge is 0.479 e. The second-order valence-electron chi connectivity index (χ2n) is 5.29. The van der Waals surface area contributed by atoms with Crippen molar-refractivity contribution in [1.29, 1.82) is 0 Å². The molecule has 0 spiro atoms. The summed E-state index contributed by atoms with van der Waals surface area (Å²) in [6.45, 7) is 4.50. The lowest BCUT2D eigenvalue weighted by molar-refractivity contribution is -0.386. The number of carbonyl (C=O) groups is 2. The summed E-state index contributed by atoms with van der Waals surface area (Å²) in [6, 6.07) is 5.49. The Labute approximate surface area is 121 Å². The highest BCUT2D eigenvalue weighted by molar-refractivity contribution is 5.77. The fraction of sp³-hybridized carbons (Fsp3) is 0.429. The molecule has 0 fully saturated rings. The molecule has 7 nitrogen and oxygen atoms in total. The number of ketones is 1. The lowest BCUT2D eigenvalue weighted by Gasteiger charge is -2.28. The molecule has 0 amide bonds. The summed E-state index contributed by atoms with van der Waals surface area (Å²) in [4.78, 5) is 32.9. The van der Waals surface area contributed by atoms with Gasteiger partial charge >= 0.3 is 5.97 Å². The van der Waals surface area contributed by atoms with Crippen molar-refractivity contribution in [2.24, 2.45) is 0 Å². The van der Waals surface area contributed by atoms with Crippen LogP contribution >= 0.6 is 0 Å². The monoisotopic (exact) mass is 295 g/mol. The van der Waals surface area contributed by atoms with E-state index in [2.05, 4.69) is 0 Å². The van der Waals surface area contributed by atoms with Gasteiger partial charge in [-0.1, -0.05) is 12.1 Å². The third-order valence-electron chi connectivity index (χ3n) is 2.75. The van der Waals surface area contributed by atoms with E-state index in [-0.39, 0.29) is 23.5 Å². The number of Topliss-reactive ketones (excluding diaryl/α,β-unsaturated/α-hetero) is 1. The summed E-state index contributed by atoms with van der Waals surface area (Å²) in [7, 11) is 0. The van der Waals surface area contributed by atoms with Crippen LogP contribution in [0.2, 0.25) is 0 Å². The average Bonchev–Trinajstić information content (AvgIpc) is 2.34. The normalized spacial score (nSPS) is 12.7. The molecule has 7 heteroatoms. The van der Waals surface area contributed by atoms with Crippen molar-refractivity contribution in [2.45, 2.75) is 38.9 Å². The van der Waals surface area contributed by atoms with Gasteiger partial charge < -0.3 is 9.84 Å². The molecule has 0 aliphatic heterocycles. The smallest absolute Gasteiger partial charge is 0.337 e. The molecule has 1 unspecified atom stereocenters. The molecule has 0 saturated carbocycles. The van der Waals surface area contributed by atoms with Gasteiger partial charge in [-0.05, 0) is 26.8 Å². The summed E-state index contributed by atoms with van der Waals surface area (Å²) in [5.74, 6) is -1.51. The van der Waals surface area contributed by atoms with Gasteiger partial charge in [0.25, 0.3) is 5.69 Å². The zero-order chi connectivity index (χ0) is 16.2. The number of hydrogen-bond acceptors (Lipinski definition) is 5. The molecule has 1 aromatic rings. The zero-order valence-corrected chi connectivity index (χ0v) is 12.0. The third-order valence-corrected chi connectivity index (χ3v) is 2.75. The predicted octanol–water partition coefficient (Wildman–Crippen LogP) is 2.49. The molecule has 1 rings (SSSR count). The Morgan fingerprint density at radius 3 is 2.43 bits per heavy atom. The van der Waals surface area contributed by atoms with Gasteiger partial charge in [0.2, 0.25) is 0 Å². The maximum absolute atomic E-state index is 11.4. The number of benzene rings is 1. The number of para-hydroxylation sites is 1. The maximum Gasteiger partial charge on any atom is 0.337 e. The molecule has 21 heavy (non-hydrogen) atoms. The minimum Gasteiger partial charge on any atom is -0.479 e. The minimum absolute atomic E-state index is 0.0113. The van der Waals surface area contributed by atoms with Crippen LogP contribution in [0.5, 0.6) is 0 Å². The highest BCUT2D eigenvalue weighted by Crippen LogP contribution is 2.32. The van der Waals surface area contributed by atoms with Crippen LogP contribution in [-0.4, -0.2) is 27.4 Å². The van der Waals surface area contributed by atoms with Crippen LogP contribution in [-0.2, 0) is 14.3 Å². The van der Waals surface area contributed by atoms with E-state index >= 15 is 0 Å². The molecule has 0 bridgehead atoms. The van der Waals surface area contributed by atoms with Crippen LogP contribution in [0.25, 0.3) is 0 Å². The Morgan fingerprint density at radius 1 is 1.38 bits per heavy atom. The van der Waals surface area contributed by atoms with Crippen LogP contribution in [0.3, 0.4) is 0 Å². The van der Waals surface area contributed by atoms with Crippen LogP contribution in [0.4, 0.5) is 5.69 Å². The SMILES string of the molecule is CC(=O)CC(C)(C)OC(C(=O)O)c1ccccc1[N+](=O)[O-]. The van der Waals surface area contributed by atoms with E-state index in [1.54, 1.807) is 13.8 Å². The number of carboxylic acids is 1. The van der Waals surface area contributed by atoms with E-state index in [1.165, 1.54) is 31.2 Å². The van der Waals surface area contributed by atoms with Crippen LogP contribution < -0.4 is 0 Å². The summed E-state index contributed by atoms with van der Waals surface area (Å²) < 4.78 is 5.46. The topological polar surface area (TPSA) is 107 Å². The minimum atomic E-state index is -1.51. The Kier molecular flexibility index (Phi) is 5.15. The van der Waals surface area contributed by atoms with Crippen molar-refractivity contribution in [2.75, 3.05) is 0 Å². The molecule has 1 N–H and O–H groups in total. The molecule has 1 atom stereocenters. The molecular formula is C14H17NO6. The third kappa shape index (κ3) is 4.64. The van der Waals surface area contributed by atoms with Crippen LogP contribution in [0, 0.1) is 10.1 Å². The standard InChI is InChI=1S/C14H17NO6/c1-9(16)8-14(2,3)21-12(13(17)18)10-6-4-5-7-11(10)15(19)20/h4-7,12H,8H2,1-3H3,(H,17,18). The van der Waals surface area contributed by atoms with Gasteiger partial charge in [-0.25, -0.2) is 4.79 Å². The lowest BCUT2D eigenvalue weighted by atomic mass is 10.0. The summed E-state index contributed by atoms with van der Waals surface area (Å²) in [6.07, 6.45) is -1.50. The molecule has 0 saturated heterocycles. The van der Waals surface area contributed by atoms with Gasteiger partial charge in [-0.15, -0.1) is 0 Å². The number of carbonyl (C=O) groups excluding carboxylic acids is 1. The second kappa shape index (κ2) is 6.45. The van der Waals surface area contributed by atoms with Crippen LogP contribution in [0.1, 0.15) is 38.9 Å². The van der Waals surface area contributed by atoms with Gasteiger partial charge in [0.15, 0.2) is 6.10 Å². The highest BCUT2D eigenvalue weighted by atomic mass is 16.6. The lowest BCUT2D eigenvalue weighted by Crippen LogP contribution is -2.32. The number of nitrogens with zero attached hydrogens (tertiary/aromatic N) is 1. The Bertz CT molecular complexity index is 566. The molecule has 1 aromatic carbocycles. The second-order valence-corrected chi connectivity index (χ2v) is 5.29. The van der Waals surface area contributed by atoms with Crippen molar-refractivity contribution in [3.05, 3.63) is 39.9 Å². The number of ether oxygens (including phenoxy) is 1. The molecule has 0 heterocycles. The van der Waals surface area contributed by atoms with Crippen molar-refractivity contribution < 1.29 is 24.4 Å². The number of carboxylic acid groups (broad SMARTS) is 1. The van der Waals surface area contributed by atoms with E-state index in [9.17, 15) is 24.8 Å². The first kappa shape index (κ1) is 16.8. The van der Waals surface area contributed by atoms with Crippen molar-refractivity contribution in [1.82, 2.24) is 0 Å². The van der Waals surface area contributed by atoms with E-state index in [1.807, 2.05) is 0 Å². The first-order valence-corrected chi connectivity index (χ1v) is 6.27. The zero-order valence-electron chi connectivity index (χ0n) is 12.0. The maximum atomic E-state index is 11.4. The Balaban J connectivity index is 3.17. The first-order chi connectivity index (χ1) is 9.64. The predicted molar refractivity (Wildman–Crippen MR) is 73.9 cm³/mol. The number of hydrogen-bond donors (Lipinski definition) is 1. The Morgan fingerprint density at radius 2 is 1.95 bits per heavy atom. The number of nitro benzene ring substituents is 1. The van der Waals surface area contributed by atoms with Crippen LogP contribution in [0.15, 0.2) is 24.3 Å².